The van der Waals surface area contributed by atoms with Gasteiger partial charge in [0.1, 0.15) is 11.9 Å². The summed E-state index contributed by atoms with van der Waals surface area (Å²) in [6, 6.07) is 20.4. The lowest BCUT2D eigenvalue weighted by atomic mass is 10.0. The average Bonchev–Trinajstić information content (AvgIpc) is 3.35. The third-order valence-corrected chi connectivity index (χ3v) is 7.08. The number of carbonyl (C=O) groups excluding carboxylic acids is 1. The fourth-order valence-corrected chi connectivity index (χ4v) is 4.87. The lowest BCUT2D eigenvalue weighted by molar-refractivity contribution is -0.117. The molecule has 3 aromatic rings. The standard InChI is InChI=1S/C30H37ClN6O/c1-20-16-23(13-14-26(20)37-15-7-12-27(37)36-30(2,3)19-33)35-29(38)28(24-10-4-5-11-25(24)31)34-22-9-6-8-21(17-22)18-32/h4-6,8-11,13-14,16-17,28,34H,7,12,15,18-19,32-33H2,1-3H3,(H,35,38). The van der Waals surface area contributed by atoms with Crippen molar-refractivity contribution in [2.45, 2.75) is 51.7 Å². The minimum Gasteiger partial charge on any atom is -0.370 e. The monoisotopic (exact) mass is 532 g/mol. The first-order valence-electron chi connectivity index (χ1n) is 13.0. The molecule has 0 spiro atoms. The van der Waals surface area contributed by atoms with Crippen molar-refractivity contribution >= 4 is 40.4 Å². The summed E-state index contributed by atoms with van der Waals surface area (Å²) in [4.78, 5) is 20.8. The van der Waals surface area contributed by atoms with Gasteiger partial charge >= 0.3 is 0 Å². The van der Waals surface area contributed by atoms with Crippen LogP contribution in [0.1, 0.15) is 49.4 Å². The molecule has 0 bridgehead atoms. The number of aryl methyl sites for hydroxylation is 1. The lowest BCUT2D eigenvalue weighted by Crippen LogP contribution is -2.34. The highest BCUT2D eigenvalue weighted by atomic mass is 35.5. The van der Waals surface area contributed by atoms with Crippen molar-refractivity contribution in [2.24, 2.45) is 16.5 Å². The minimum absolute atomic E-state index is 0.212. The number of aliphatic imine (C=N–C) groups is 1. The summed E-state index contributed by atoms with van der Waals surface area (Å²) >= 11 is 6.51. The van der Waals surface area contributed by atoms with Crippen LogP contribution < -0.4 is 27.0 Å². The van der Waals surface area contributed by atoms with Gasteiger partial charge in [-0.05, 0) is 74.7 Å². The second kappa shape index (κ2) is 12.0. The number of hydrogen-bond acceptors (Lipinski definition) is 5. The molecule has 200 valence electrons. The minimum atomic E-state index is -0.701. The highest BCUT2D eigenvalue weighted by Gasteiger charge is 2.26. The van der Waals surface area contributed by atoms with E-state index >= 15 is 0 Å². The Bertz CT molecular complexity index is 1320. The molecule has 1 atom stereocenters. The van der Waals surface area contributed by atoms with E-state index in [9.17, 15) is 4.79 Å². The zero-order valence-electron chi connectivity index (χ0n) is 22.3. The maximum atomic E-state index is 13.6. The molecule has 0 aromatic heterocycles. The first-order chi connectivity index (χ1) is 18.2. The molecule has 1 aliphatic heterocycles. The molecule has 0 saturated carbocycles. The smallest absolute Gasteiger partial charge is 0.251 e. The van der Waals surface area contributed by atoms with Crippen molar-refractivity contribution in [2.75, 3.05) is 28.6 Å². The fourth-order valence-electron chi connectivity index (χ4n) is 4.63. The van der Waals surface area contributed by atoms with E-state index < -0.39 is 6.04 Å². The number of rotatable bonds is 9. The van der Waals surface area contributed by atoms with Crippen LogP contribution in [0, 0.1) is 6.92 Å². The highest BCUT2D eigenvalue weighted by molar-refractivity contribution is 6.31. The lowest BCUT2D eigenvalue weighted by Gasteiger charge is -2.26. The van der Waals surface area contributed by atoms with Crippen LogP contribution in [0.25, 0.3) is 0 Å². The van der Waals surface area contributed by atoms with E-state index in [1.54, 1.807) is 6.07 Å². The number of hydrogen-bond donors (Lipinski definition) is 4. The van der Waals surface area contributed by atoms with Gasteiger partial charge in [-0.1, -0.05) is 41.9 Å². The normalized spacial score (nSPS) is 15.5. The zero-order valence-corrected chi connectivity index (χ0v) is 23.1. The Morgan fingerprint density at radius 1 is 1.08 bits per heavy atom. The molecule has 38 heavy (non-hydrogen) atoms. The molecule has 1 aliphatic rings. The van der Waals surface area contributed by atoms with Gasteiger partial charge in [0.2, 0.25) is 0 Å². The third kappa shape index (κ3) is 6.54. The quantitative estimate of drug-likeness (QED) is 0.285. The van der Waals surface area contributed by atoms with Crippen molar-refractivity contribution in [1.29, 1.82) is 0 Å². The molecule has 1 amide bonds. The molecule has 1 saturated heterocycles. The number of nitrogens with one attached hydrogen (secondary N) is 2. The summed E-state index contributed by atoms with van der Waals surface area (Å²) in [5.74, 6) is 0.847. The number of amidine groups is 1. The first kappa shape index (κ1) is 27.6. The molecule has 1 fully saturated rings. The van der Waals surface area contributed by atoms with Crippen LogP contribution in [0.2, 0.25) is 5.02 Å². The fraction of sp³-hybridized carbons (Fsp3) is 0.333. The van der Waals surface area contributed by atoms with E-state index in [4.69, 9.17) is 28.1 Å². The molecule has 7 nitrogen and oxygen atoms in total. The molecule has 6 N–H and O–H groups in total. The Balaban J connectivity index is 1.58. The second-order valence-electron chi connectivity index (χ2n) is 10.3. The number of amides is 1. The molecular formula is C30H37ClN6O. The van der Waals surface area contributed by atoms with Crippen LogP contribution in [-0.4, -0.2) is 30.4 Å². The molecule has 0 aliphatic carbocycles. The molecule has 3 aromatic carbocycles. The summed E-state index contributed by atoms with van der Waals surface area (Å²) in [7, 11) is 0. The second-order valence-corrected chi connectivity index (χ2v) is 10.7. The molecule has 1 heterocycles. The van der Waals surface area contributed by atoms with Crippen molar-refractivity contribution in [1.82, 2.24) is 0 Å². The number of anilines is 3. The van der Waals surface area contributed by atoms with Gasteiger partial charge in [0.15, 0.2) is 0 Å². The molecule has 8 heteroatoms. The van der Waals surface area contributed by atoms with Gasteiger partial charge in [0.05, 0.1) is 5.54 Å². The van der Waals surface area contributed by atoms with Gasteiger partial charge in [0.25, 0.3) is 5.91 Å². The van der Waals surface area contributed by atoms with Crippen LogP contribution >= 0.6 is 11.6 Å². The summed E-state index contributed by atoms with van der Waals surface area (Å²) < 4.78 is 0. The molecular weight excluding hydrogens is 496 g/mol. The Labute approximate surface area is 230 Å². The maximum Gasteiger partial charge on any atom is 0.251 e. The van der Waals surface area contributed by atoms with Gasteiger partial charge in [-0.2, -0.15) is 0 Å². The SMILES string of the molecule is Cc1cc(NC(=O)C(Nc2cccc(CN)c2)c2ccccc2Cl)ccc1N1CCCC1=NC(C)(C)CN. The Hall–Kier alpha value is -3.39. The van der Waals surface area contributed by atoms with E-state index in [1.807, 2.05) is 60.7 Å². The van der Waals surface area contributed by atoms with Gasteiger partial charge in [-0.25, -0.2) is 0 Å². The van der Waals surface area contributed by atoms with Crippen LogP contribution in [0.15, 0.2) is 71.7 Å². The van der Waals surface area contributed by atoms with Crippen LogP contribution in [0.4, 0.5) is 17.1 Å². The first-order valence-corrected chi connectivity index (χ1v) is 13.4. The number of nitrogens with zero attached hydrogens (tertiary/aromatic N) is 2. The summed E-state index contributed by atoms with van der Waals surface area (Å²) in [5, 5.41) is 6.95. The number of carbonyl (C=O) groups is 1. The highest BCUT2D eigenvalue weighted by Crippen LogP contribution is 2.31. The third-order valence-electron chi connectivity index (χ3n) is 6.73. The molecule has 1 unspecified atom stereocenters. The molecule has 0 radical (unpaired) electrons. The Morgan fingerprint density at radius 3 is 2.58 bits per heavy atom. The Morgan fingerprint density at radius 2 is 1.87 bits per heavy atom. The van der Waals surface area contributed by atoms with Gasteiger partial charge in [-0.3, -0.25) is 9.79 Å². The predicted molar refractivity (Wildman–Crippen MR) is 159 cm³/mol. The van der Waals surface area contributed by atoms with Crippen molar-refractivity contribution in [3.8, 4) is 0 Å². The van der Waals surface area contributed by atoms with Crippen molar-refractivity contribution in [3.63, 3.8) is 0 Å². The van der Waals surface area contributed by atoms with E-state index in [0.29, 0.717) is 29.4 Å². The molecule has 4 rings (SSSR count). The zero-order chi connectivity index (χ0) is 27.3. The topological polar surface area (TPSA) is 109 Å². The van der Waals surface area contributed by atoms with Crippen molar-refractivity contribution in [3.05, 3.63) is 88.4 Å². The van der Waals surface area contributed by atoms with Gasteiger partial charge in [0, 0.05) is 53.7 Å². The van der Waals surface area contributed by atoms with E-state index in [-0.39, 0.29) is 11.4 Å². The van der Waals surface area contributed by atoms with Crippen molar-refractivity contribution < 1.29 is 4.79 Å². The number of benzene rings is 3. The number of halogens is 1. The van der Waals surface area contributed by atoms with Crippen LogP contribution in [-0.2, 0) is 11.3 Å². The summed E-state index contributed by atoms with van der Waals surface area (Å²) in [6.45, 7) is 7.97. The summed E-state index contributed by atoms with van der Waals surface area (Å²) in [5.41, 5.74) is 16.8. The Kier molecular flexibility index (Phi) is 8.72. The summed E-state index contributed by atoms with van der Waals surface area (Å²) in [6.07, 6.45) is 1.98. The van der Waals surface area contributed by atoms with Gasteiger partial charge < -0.3 is 27.0 Å². The van der Waals surface area contributed by atoms with Crippen LogP contribution in [0.3, 0.4) is 0 Å². The van der Waals surface area contributed by atoms with E-state index in [1.165, 1.54) is 0 Å². The average molecular weight is 533 g/mol. The number of nitrogens with two attached hydrogens (primary N) is 2. The van der Waals surface area contributed by atoms with E-state index in [0.717, 1.165) is 47.7 Å². The van der Waals surface area contributed by atoms with Gasteiger partial charge in [-0.15, -0.1) is 0 Å². The predicted octanol–water partition coefficient (Wildman–Crippen LogP) is 5.64. The largest absolute Gasteiger partial charge is 0.370 e. The maximum absolute atomic E-state index is 13.6. The van der Waals surface area contributed by atoms with Crippen LogP contribution in [0.5, 0.6) is 0 Å². The van der Waals surface area contributed by atoms with E-state index in [2.05, 4.69) is 36.3 Å².